The van der Waals surface area contributed by atoms with Crippen molar-refractivity contribution in [1.29, 1.82) is 0 Å². The van der Waals surface area contributed by atoms with Crippen molar-refractivity contribution in [3.63, 3.8) is 0 Å². The van der Waals surface area contributed by atoms with Crippen LogP contribution in [-0.2, 0) is 21.2 Å². The van der Waals surface area contributed by atoms with Crippen molar-refractivity contribution >= 4 is 38.1 Å². The molecule has 1 saturated carbocycles. The van der Waals surface area contributed by atoms with Crippen LogP contribution >= 0.6 is 11.3 Å². The van der Waals surface area contributed by atoms with Crippen LogP contribution in [-0.4, -0.2) is 29.5 Å². The van der Waals surface area contributed by atoms with Crippen LogP contribution in [0.25, 0.3) is 11.1 Å². The van der Waals surface area contributed by atoms with Gasteiger partial charge in [0.05, 0.1) is 16.9 Å². The standard InChI is InChI=1S/C22H22N4O3S2/c27-21(24-16-8-6-14(7-9-16)15-3-2-12-23-13-15)18-4-1-5-19-20(18)25-22(30-19)26-31(28,29)17-10-11-17/h2-3,6-9,12-13,17-18H,1,4-5,10-11H2,(H,24,27)(H,25,26). The van der Waals surface area contributed by atoms with Crippen LogP contribution in [0, 0.1) is 0 Å². The normalized spacial score (nSPS) is 18.3. The van der Waals surface area contributed by atoms with E-state index in [1.54, 1.807) is 12.4 Å². The fourth-order valence-electron chi connectivity index (χ4n) is 3.81. The summed E-state index contributed by atoms with van der Waals surface area (Å²) in [5, 5.41) is 3.06. The van der Waals surface area contributed by atoms with Gasteiger partial charge in [-0.15, -0.1) is 11.3 Å². The summed E-state index contributed by atoms with van der Waals surface area (Å²) in [5.41, 5.74) is 3.46. The number of rotatable bonds is 6. The predicted molar refractivity (Wildman–Crippen MR) is 122 cm³/mol. The van der Waals surface area contributed by atoms with E-state index in [1.165, 1.54) is 11.3 Å². The number of nitrogens with one attached hydrogen (secondary N) is 2. The Balaban J connectivity index is 1.30. The molecule has 0 radical (unpaired) electrons. The molecule has 0 bridgehead atoms. The lowest BCUT2D eigenvalue weighted by atomic mass is 9.90. The number of carbonyl (C=O) groups is 1. The van der Waals surface area contributed by atoms with Gasteiger partial charge in [-0.1, -0.05) is 18.2 Å². The SMILES string of the molecule is O=C(Nc1ccc(-c2cccnc2)cc1)C1CCCc2sc(NS(=O)(=O)C3CC3)nc21. The number of benzene rings is 1. The van der Waals surface area contributed by atoms with Crippen LogP contribution in [0.4, 0.5) is 10.8 Å². The molecule has 1 aromatic carbocycles. The van der Waals surface area contributed by atoms with Gasteiger partial charge in [0.25, 0.3) is 0 Å². The monoisotopic (exact) mass is 454 g/mol. The third-order valence-electron chi connectivity index (χ3n) is 5.61. The van der Waals surface area contributed by atoms with E-state index in [-0.39, 0.29) is 17.1 Å². The Morgan fingerprint density at radius 3 is 2.58 bits per heavy atom. The molecule has 2 aromatic heterocycles. The highest BCUT2D eigenvalue weighted by atomic mass is 32.2. The molecular weight excluding hydrogens is 432 g/mol. The topological polar surface area (TPSA) is 101 Å². The summed E-state index contributed by atoms with van der Waals surface area (Å²) in [6.45, 7) is 0. The minimum absolute atomic E-state index is 0.114. The van der Waals surface area contributed by atoms with Crippen LogP contribution in [0.3, 0.4) is 0 Å². The lowest BCUT2D eigenvalue weighted by molar-refractivity contribution is -0.117. The average Bonchev–Trinajstić information content (AvgIpc) is 3.56. The zero-order valence-electron chi connectivity index (χ0n) is 16.7. The highest BCUT2D eigenvalue weighted by molar-refractivity contribution is 7.93. The molecule has 2 N–H and O–H groups in total. The maximum absolute atomic E-state index is 13.0. The number of nitrogens with zero attached hydrogens (tertiary/aromatic N) is 2. The number of aryl methyl sites for hydroxylation is 1. The van der Waals surface area contributed by atoms with E-state index in [2.05, 4.69) is 20.0 Å². The average molecular weight is 455 g/mol. The summed E-state index contributed by atoms with van der Waals surface area (Å²) in [6, 6.07) is 11.5. The van der Waals surface area contributed by atoms with E-state index in [1.807, 2.05) is 36.4 Å². The molecular formula is C22H22N4O3S2. The number of fused-ring (bicyclic) bond motifs is 1. The lowest BCUT2D eigenvalue weighted by Crippen LogP contribution is -2.24. The van der Waals surface area contributed by atoms with Crippen LogP contribution in [0.5, 0.6) is 0 Å². The van der Waals surface area contributed by atoms with Gasteiger partial charge in [0.15, 0.2) is 5.13 Å². The van der Waals surface area contributed by atoms with Crippen molar-refractivity contribution in [3.8, 4) is 11.1 Å². The molecule has 5 rings (SSSR count). The second-order valence-electron chi connectivity index (χ2n) is 7.93. The fraction of sp³-hybridized carbons (Fsp3) is 0.318. The number of carbonyl (C=O) groups excluding carboxylic acids is 1. The second-order valence-corrected chi connectivity index (χ2v) is 11.0. The van der Waals surface area contributed by atoms with Crippen molar-refractivity contribution in [2.24, 2.45) is 0 Å². The van der Waals surface area contributed by atoms with Gasteiger partial charge in [-0.25, -0.2) is 13.4 Å². The summed E-state index contributed by atoms with van der Waals surface area (Å²) >= 11 is 1.35. The van der Waals surface area contributed by atoms with E-state index in [0.717, 1.165) is 34.5 Å². The van der Waals surface area contributed by atoms with Crippen LogP contribution in [0.2, 0.25) is 0 Å². The zero-order valence-corrected chi connectivity index (χ0v) is 18.4. The van der Waals surface area contributed by atoms with Crippen molar-refractivity contribution in [2.75, 3.05) is 10.0 Å². The number of amides is 1. The summed E-state index contributed by atoms with van der Waals surface area (Å²) in [4.78, 5) is 22.6. The third kappa shape index (κ3) is 4.33. The van der Waals surface area contributed by atoms with Gasteiger partial charge < -0.3 is 5.32 Å². The molecule has 0 spiro atoms. The number of pyridine rings is 1. The number of sulfonamides is 1. The molecule has 2 aliphatic rings. The Morgan fingerprint density at radius 2 is 1.87 bits per heavy atom. The summed E-state index contributed by atoms with van der Waals surface area (Å²) in [5.74, 6) is -0.492. The zero-order chi connectivity index (χ0) is 21.4. The number of hydrogen-bond donors (Lipinski definition) is 2. The van der Waals surface area contributed by atoms with E-state index in [4.69, 9.17) is 0 Å². The van der Waals surface area contributed by atoms with Crippen molar-refractivity contribution in [2.45, 2.75) is 43.3 Å². The molecule has 1 atom stereocenters. The lowest BCUT2D eigenvalue weighted by Gasteiger charge is -2.20. The number of thiazole rings is 1. The summed E-state index contributed by atoms with van der Waals surface area (Å²) < 4.78 is 27.1. The van der Waals surface area contributed by atoms with Gasteiger partial charge in [-0.3, -0.25) is 14.5 Å². The first-order valence-corrected chi connectivity index (χ1v) is 12.7. The minimum Gasteiger partial charge on any atom is -0.326 e. The minimum atomic E-state index is -3.36. The first-order chi connectivity index (χ1) is 15.0. The van der Waals surface area contributed by atoms with Gasteiger partial charge in [-0.05, 0) is 61.4 Å². The van der Waals surface area contributed by atoms with Gasteiger partial charge in [0.1, 0.15) is 0 Å². The molecule has 0 aliphatic heterocycles. The van der Waals surface area contributed by atoms with Crippen molar-refractivity contribution < 1.29 is 13.2 Å². The molecule has 2 aliphatic carbocycles. The molecule has 1 fully saturated rings. The van der Waals surface area contributed by atoms with Crippen LogP contribution in [0.15, 0.2) is 48.8 Å². The second kappa shape index (κ2) is 8.05. The highest BCUT2D eigenvalue weighted by Crippen LogP contribution is 2.39. The molecule has 31 heavy (non-hydrogen) atoms. The fourth-order valence-corrected chi connectivity index (χ4v) is 6.45. The summed E-state index contributed by atoms with van der Waals surface area (Å²) in [6.07, 6.45) is 7.33. The first-order valence-electron chi connectivity index (χ1n) is 10.3. The van der Waals surface area contributed by atoms with E-state index >= 15 is 0 Å². The third-order valence-corrected chi connectivity index (χ3v) is 8.61. The molecule has 9 heteroatoms. The van der Waals surface area contributed by atoms with E-state index < -0.39 is 10.0 Å². The smallest absolute Gasteiger partial charge is 0.237 e. The Hall–Kier alpha value is -2.78. The Labute approximate surface area is 185 Å². The maximum atomic E-state index is 13.0. The molecule has 7 nitrogen and oxygen atoms in total. The maximum Gasteiger partial charge on any atom is 0.237 e. The molecule has 1 unspecified atom stereocenters. The Bertz CT molecular complexity index is 1200. The van der Waals surface area contributed by atoms with E-state index in [0.29, 0.717) is 30.1 Å². The molecule has 2 heterocycles. The Morgan fingerprint density at radius 1 is 1.06 bits per heavy atom. The quantitative estimate of drug-likeness (QED) is 0.582. The van der Waals surface area contributed by atoms with Crippen LogP contribution in [0.1, 0.15) is 42.2 Å². The molecule has 1 amide bonds. The van der Waals surface area contributed by atoms with Gasteiger partial charge in [0.2, 0.25) is 15.9 Å². The number of hydrogen-bond acceptors (Lipinski definition) is 6. The van der Waals surface area contributed by atoms with Crippen LogP contribution < -0.4 is 10.0 Å². The van der Waals surface area contributed by atoms with Gasteiger partial charge >= 0.3 is 0 Å². The van der Waals surface area contributed by atoms with Crippen molar-refractivity contribution in [3.05, 3.63) is 59.4 Å². The molecule has 3 aromatic rings. The largest absolute Gasteiger partial charge is 0.326 e. The summed E-state index contributed by atoms with van der Waals surface area (Å²) in [7, 11) is -3.36. The molecule has 0 saturated heterocycles. The van der Waals surface area contributed by atoms with Crippen molar-refractivity contribution in [1.82, 2.24) is 9.97 Å². The van der Waals surface area contributed by atoms with Gasteiger partial charge in [-0.2, -0.15) is 0 Å². The number of anilines is 2. The first kappa shape index (κ1) is 20.1. The highest BCUT2D eigenvalue weighted by Gasteiger charge is 2.37. The molecule has 160 valence electrons. The Kier molecular flexibility index (Phi) is 5.23. The van der Waals surface area contributed by atoms with Gasteiger partial charge in [0, 0.05) is 23.0 Å². The number of aromatic nitrogens is 2. The van der Waals surface area contributed by atoms with E-state index in [9.17, 15) is 13.2 Å². The predicted octanol–water partition coefficient (Wildman–Crippen LogP) is 4.17.